The largest absolute Gasteiger partial charge is 0.493 e. The SMILES string of the molecule is COc1cc2c3c(c4c(c2cc1OC)-c1ccccc1C41CC(C)(C)CC(C)(C)C1)C=CC1(O3)c2ccc(cc2)Oc2ccc(cc2)Oc2ccc(cc2)Oc2ccc(cc2)Oc2ccc(cc2)Oc2ccc(cc2)Oc2ccc1cc2. The van der Waals surface area contributed by atoms with Crippen LogP contribution >= 0.6 is 0 Å². The minimum absolute atomic E-state index is 0.0585. The zero-order valence-corrected chi connectivity index (χ0v) is 46.6. The molecule has 0 aromatic heterocycles. The highest BCUT2D eigenvalue weighted by atomic mass is 16.5. The van der Waals surface area contributed by atoms with Gasteiger partial charge in [-0.25, -0.2) is 0 Å². The zero-order chi connectivity index (χ0) is 55.8. The van der Waals surface area contributed by atoms with Gasteiger partial charge in [0.25, 0.3) is 0 Å². The predicted molar refractivity (Wildman–Crippen MR) is 321 cm³/mol. The fourth-order valence-electron chi connectivity index (χ4n) is 13.7. The molecule has 9 nitrogen and oxygen atoms in total. The van der Waals surface area contributed by atoms with E-state index < -0.39 is 5.60 Å². The van der Waals surface area contributed by atoms with Gasteiger partial charge >= 0.3 is 0 Å². The second-order valence-electron chi connectivity index (χ2n) is 23.4. The van der Waals surface area contributed by atoms with Gasteiger partial charge in [-0.1, -0.05) is 82.3 Å². The molecule has 1 fully saturated rings. The molecule has 9 aliphatic heterocycles. The molecule has 0 unspecified atom stereocenters. The van der Waals surface area contributed by atoms with E-state index in [1.54, 1.807) is 14.2 Å². The van der Waals surface area contributed by atoms with E-state index in [0.717, 1.165) is 52.5 Å². The average molecular weight is 1080 g/mol. The Hall–Kier alpha value is -9.60. The first-order valence-electron chi connectivity index (χ1n) is 27.8. The van der Waals surface area contributed by atoms with Crippen molar-refractivity contribution in [1.29, 1.82) is 0 Å². The molecular formula is C73H60O9. The van der Waals surface area contributed by atoms with Crippen LogP contribution in [-0.4, -0.2) is 14.2 Å². The van der Waals surface area contributed by atoms with Crippen molar-refractivity contribution >= 4 is 16.8 Å². The number of hydrogen-bond donors (Lipinski definition) is 0. The average Bonchev–Trinajstić information content (AvgIpc) is 1.93. The highest BCUT2D eigenvalue weighted by molar-refractivity contribution is 6.09. The second-order valence-corrected chi connectivity index (χ2v) is 23.4. The molecular weight excluding hydrogens is 1020 g/mol. The van der Waals surface area contributed by atoms with Gasteiger partial charge in [-0.05, 0) is 222 Å². The Kier molecular flexibility index (Phi) is 12.1. The fourth-order valence-corrected chi connectivity index (χ4v) is 13.7. The van der Waals surface area contributed by atoms with Crippen LogP contribution in [0.25, 0.3) is 28.0 Å². The molecule has 2 aliphatic carbocycles. The summed E-state index contributed by atoms with van der Waals surface area (Å²) >= 11 is 0. The molecule has 14 bridgehead atoms. The van der Waals surface area contributed by atoms with E-state index in [9.17, 15) is 0 Å². The van der Waals surface area contributed by atoms with E-state index in [4.69, 9.17) is 42.6 Å². The maximum atomic E-state index is 7.92. The lowest BCUT2D eigenvalue weighted by atomic mass is 9.52. The lowest BCUT2D eigenvalue weighted by Crippen LogP contribution is -2.44. The van der Waals surface area contributed by atoms with Crippen molar-refractivity contribution in [3.63, 3.8) is 0 Å². The van der Waals surface area contributed by atoms with E-state index >= 15 is 0 Å². The molecule has 2 spiro atoms. The Bertz CT molecular complexity index is 3890. The van der Waals surface area contributed by atoms with Crippen molar-refractivity contribution in [3.8, 4) is 97.4 Å². The number of fused-ring (bicyclic) bond motifs is 17. The smallest absolute Gasteiger partial charge is 0.178 e. The number of ether oxygens (including phenoxy) is 9. The van der Waals surface area contributed by atoms with Gasteiger partial charge in [0.05, 0.1) is 14.2 Å². The maximum Gasteiger partial charge on any atom is 0.178 e. The van der Waals surface area contributed by atoms with Crippen LogP contribution in [-0.2, 0) is 11.0 Å². The second kappa shape index (κ2) is 19.6. The van der Waals surface area contributed by atoms with Gasteiger partial charge in [0.1, 0.15) is 74.7 Å². The van der Waals surface area contributed by atoms with E-state index in [2.05, 4.69) is 101 Å². The normalized spacial score (nSPS) is 16.3. The Morgan fingerprint density at radius 3 is 1.06 bits per heavy atom. The molecule has 0 N–H and O–H groups in total. The van der Waals surface area contributed by atoms with Crippen LogP contribution in [0.5, 0.6) is 86.2 Å². The minimum Gasteiger partial charge on any atom is -0.493 e. The first-order chi connectivity index (χ1) is 39.8. The van der Waals surface area contributed by atoms with Crippen LogP contribution in [0.15, 0.2) is 212 Å². The van der Waals surface area contributed by atoms with E-state index in [-0.39, 0.29) is 16.2 Å². The van der Waals surface area contributed by atoms with Gasteiger partial charge in [0, 0.05) is 27.5 Å². The summed E-state index contributed by atoms with van der Waals surface area (Å²) in [5, 5.41) is 2.00. The molecule has 0 amide bonds. The van der Waals surface area contributed by atoms with Crippen LogP contribution in [0.1, 0.15) is 74.8 Å². The first-order valence-corrected chi connectivity index (χ1v) is 27.8. The molecule has 9 heterocycles. The predicted octanol–water partition coefficient (Wildman–Crippen LogP) is 19.8. The van der Waals surface area contributed by atoms with E-state index in [0.29, 0.717) is 80.5 Å². The van der Waals surface area contributed by atoms with Gasteiger partial charge in [-0.3, -0.25) is 0 Å². The third kappa shape index (κ3) is 9.16. The number of methoxy groups -OCH3 is 2. The van der Waals surface area contributed by atoms with Gasteiger partial charge in [-0.2, -0.15) is 0 Å². The molecule has 82 heavy (non-hydrogen) atoms. The summed E-state index contributed by atoms with van der Waals surface area (Å²) in [6.07, 6.45) is 7.69. The van der Waals surface area contributed by atoms with Gasteiger partial charge in [0.15, 0.2) is 17.1 Å². The molecule has 11 aliphatic rings. The van der Waals surface area contributed by atoms with E-state index in [1.807, 2.05) is 146 Å². The first kappa shape index (κ1) is 50.6. The number of hydrogen-bond acceptors (Lipinski definition) is 9. The summed E-state index contributed by atoms with van der Waals surface area (Å²) in [6, 6.07) is 67.4. The zero-order valence-electron chi connectivity index (χ0n) is 46.6. The summed E-state index contributed by atoms with van der Waals surface area (Å²) in [4.78, 5) is 0. The van der Waals surface area contributed by atoms with Crippen molar-refractivity contribution < 1.29 is 42.6 Å². The Balaban J connectivity index is 0.872. The van der Waals surface area contributed by atoms with Crippen LogP contribution in [0.4, 0.5) is 0 Å². The minimum atomic E-state index is -1.12. The van der Waals surface area contributed by atoms with Crippen LogP contribution in [0.2, 0.25) is 0 Å². The van der Waals surface area contributed by atoms with Gasteiger partial charge in [-0.15, -0.1) is 0 Å². The monoisotopic (exact) mass is 1080 g/mol. The summed E-state index contributed by atoms with van der Waals surface area (Å²) in [6.45, 7) is 9.77. The summed E-state index contributed by atoms with van der Waals surface area (Å²) in [5.41, 5.74) is 6.80. The Morgan fingerprint density at radius 2 is 0.707 bits per heavy atom. The standard InChI is InChI=1S/C73H60O9/c1-70(2)43-71(3,4)45-72(44-70)64-10-8-7-9-60(64)67-62-41-65(74-5)66(75-6)42-63(62)69-61(68(67)72)39-40-73(82-69)46-11-15-48(16-12-46)76-50-19-23-52(24-20-50)78-54-27-31-56(32-28-54)80-58-35-37-59(38-36-58)81-57-33-29-55(30-34-57)79-53-25-21-51(22-26-53)77-49-17-13-47(73)14-18-49/h7-42H,43-45H2,1-6H3. The third-order valence-electron chi connectivity index (χ3n) is 16.4. The molecule has 9 heteroatoms. The lowest BCUT2D eigenvalue weighted by molar-refractivity contribution is 0.0642. The quantitative estimate of drug-likeness (QED) is 0.168. The summed E-state index contributed by atoms with van der Waals surface area (Å²) < 4.78 is 57.9. The van der Waals surface area contributed by atoms with Gasteiger partial charge < -0.3 is 42.6 Å². The van der Waals surface area contributed by atoms with Crippen molar-refractivity contribution in [2.24, 2.45) is 10.8 Å². The Morgan fingerprint density at radius 1 is 0.378 bits per heavy atom. The third-order valence-corrected chi connectivity index (χ3v) is 16.4. The van der Waals surface area contributed by atoms with Crippen molar-refractivity contribution in [2.75, 3.05) is 14.2 Å². The van der Waals surface area contributed by atoms with Crippen LogP contribution in [0, 0.1) is 10.8 Å². The van der Waals surface area contributed by atoms with Crippen LogP contribution in [0.3, 0.4) is 0 Å². The molecule has 10 aromatic rings. The summed E-state index contributed by atoms with van der Waals surface area (Å²) in [5.74, 6) is 10.1. The van der Waals surface area contributed by atoms with Crippen molar-refractivity contribution in [1.82, 2.24) is 0 Å². The Labute approximate surface area is 477 Å². The fraction of sp³-hybridized carbons (Fsp3) is 0.178. The number of rotatable bonds is 2. The molecule has 1 saturated carbocycles. The molecule has 406 valence electrons. The molecule has 21 rings (SSSR count). The van der Waals surface area contributed by atoms with Crippen molar-refractivity contribution in [3.05, 3.63) is 240 Å². The van der Waals surface area contributed by atoms with Gasteiger partial charge in [0.2, 0.25) is 0 Å². The molecule has 0 atom stereocenters. The highest BCUT2D eigenvalue weighted by Gasteiger charge is 2.55. The highest BCUT2D eigenvalue weighted by Crippen LogP contribution is 2.67. The van der Waals surface area contributed by atoms with Crippen LogP contribution < -0.4 is 42.6 Å². The van der Waals surface area contributed by atoms with Crippen molar-refractivity contribution in [2.45, 2.75) is 58.0 Å². The molecule has 10 aromatic carbocycles. The number of benzene rings is 10. The maximum absolute atomic E-state index is 7.92. The molecule has 0 saturated heterocycles. The summed E-state index contributed by atoms with van der Waals surface area (Å²) in [7, 11) is 3.39. The topological polar surface area (TPSA) is 83.1 Å². The molecule has 0 radical (unpaired) electrons. The lowest BCUT2D eigenvalue weighted by Gasteiger charge is -2.52. The van der Waals surface area contributed by atoms with E-state index in [1.165, 1.54) is 22.3 Å².